The number of aliphatic hydroxyl groups is 1. The van der Waals surface area contributed by atoms with Gasteiger partial charge in [0.05, 0.1) is 5.69 Å². The van der Waals surface area contributed by atoms with E-state index < -0.39 is 0 Å². The largest absolute Gasteiger partial charge is 0.384 e. The van der Waals surface area contributed by atoms with Crippen molar-refractivity contribution in [2.75, 3.05) is 11.9 Å². The van der Waals surface area contributed by atoms with Crippen LogP contribution in [0.15, 0.2) is 11.4 Å². The number of fused-ring (bicyclic) bond motifs is 1. The number of carbonyl (C=O) groups is 1. The molecule has 0 saturated carbocycles. The van der Waals surface area contributed by atoms with Crippen molar-refractivity contribution in [2.45, 2.75) is 38.5 Å². The molecule has 5 nitrogen and oxygen atoms in total. The number of nitrogens with one attached hydrogen (secondary N) is 1. The third-order valence-electron chi connectivity index (χ3n) is 4.07. The van der Waals surface area contributed by atoms with Gasteiger partial charge < -0.3 is 10.4 Å². The highest BCUT2D eigenvalue weighted by Crippen LogP contribution is 2.44. The fourth-order valence-corrected chi connectivity index (χ4v) is 3.98. The lowest BCUT2D eigenvalue weighted by Crippen LogP contribution is -2.26. The molecular formula is C18H21N3O2S. The van der Waals surface area contributed by atoms with Gasteiger partial charge in [0.2, 0.25) is 5.91 Å². The van der Waals surface area contributed by atoms with Crippen LogP contribution in [0.3, 0.4) is 0 Å². The molecule has 2 aromatic rings. The highest BCUT2D eigenvalue weighted by molar-refractivity contribution is 7.10. The van der Waals surface area contributed by atoms with Gasteiger partial charge in [-0.25, -0.2) is 0 Å². The van der Waals surface area contributed by atoms with E-state index in [1.54, 1.807) is 16.0 Å². The number of thiophene rings is 1. The van der Waals surface area contributed by atoms with E-state index in [4.69, 9.17) is 5.11 Å². The summed E-state index contributed by atoms with van der Waals surface area (Å²) in [6.07, 6.45) is 0.412. The van der Waals surface area contributed by atoms with Gasteiger partial charge in [-0.2, -0.15) is 5.10 Å². The van der Waals surface area contributed by atoms with Crippen molar-refractivity contribution in [3.8, 4) is 11.8 Å². The summed E-state index contributed by atoms with van der Waals surface area (Å²) in [6.45, 7) is 6.25. The van der Waals surface area contributed by atoms with Crippen molar-refractivity contribution in [1.29, 1.82) is 0 Å². The second kappa shape index (κ2) is 6.08. The van der Waals surface area contributed by atoms with Gasteiger partial charge >= 0.3 is 0 Å². The molecule has 0 spiro atoms. The van der Waals surface area contributed by atoms with Gasteiger partial charge in [-0.1, -0.05) is 32.6 Å². The van der Waals surface area contributed by atoms with E-state index in [0.717, 1.165) is 27.5 Å². The van der Waals surface area contributed by atoms with Crippen molar-refractivity contribution in [1.82, 2.24) is 9.78 Å². The Morgan fingerprint density at radius 1 is 1.50 bits per heavy atom. The maximum absolute atomic E-state index is 12.2. The number of amides is 1. The van der Waals surface area contributed by atoms with Gasteiger partial charge in [-0.3, -0.25) is 9.48 Å². The fourth-order valence-electron chi connectivity index (χ4n) is 3.03. The van der Waals surface area contributed by atoms with Crippen LogP contribution in [-0.2, 0) is 17.3 Å². The van der Waals surface area contributed by atoms with Crippen molar-refractivity contribution in [3.63, 3.8) is 0 Å². The van der Waals surface area contributed by atoms with E-state index in [9.17, 15) is 4.79 Å². The Bertz CT molecular complexity index is 846. The highest BCUT2D eigenvalue weighted by Gasteiger charge is 2.36. The zero-order chi connectivity index (χ0) is 17.5. The van der Waals surface area contributed by atoms with Crippen molar-refractivity contribution < 1.29 is 9.90 Å². The second-order valence-electron chi connectivity index (χ2n) is 6.99. The molecule has 24 heavy (non-hydrogen) atoms. The third kappa shape index (κ3) is 2.97. The molecule has 0 fully saturated rings. The van der Waals surface area contributed by atoms with Crippen molar-refractivity contribution in [3.05, 3.63) is 33.1 Å². The summed E-state index contributed by atoms with van der Waals surface area (Å²) in [5, 5.41) is 18.5. The smallest absolute Gasteiger partial charge is 0.226 e. The van der Waals surface area contributed by atoms with Gasteiger partial charge in [0.15, 0.2) is 0 Å². The number of aliphatic hydroxyl groups excluding tert-OH is 1. The van der Waals surface area contributed by atoms with Crippen LogP contribution in [-0.4, -0.2) is 27.4 Å². The molecule has 0 radical (unpaired) electrons. The van der Waals surface area contributed by atoms with Crippen LogP contribution in [0.5, 0.6) is 0 Å². The summed E-state index contributed by atoms with van der Waals surface area (Å²) < 4.78 is 1.76. The minimum absolute atomic E-state index is 0.00681. The standard InChI is InChI=1S/C18H21N3O2S/c1-18(2,3)16-15-12(9-14(23)19-17(15)21(4)20-16)13-8-11(10-24-13)6-5-7-22/h8,10,12,22H,7,9H2,1-4H3,(H,19,23). The second-order valence-corrected chi connectivity index (χ2v) is 7.93. The lowest BCUT2D eigenvalue weighted by Gasteiger charge is -2.26. The summed E-state index contributed by atoms with van der Waals surface area (Å²) in [4.78, 5) is 13.3. The Morgan fingerprint density at radius 2 is 2.25 bits per heavy atom. The summed E-state index contributed by atoms with van der Waals surface area (Å²) >= 11 is 1.60. The summed E-state index contributed by atoms with van der Waals surface area (Å²) in [5.41, 5.74) is 2.88. The zero-order valence-corrected chi connectivity index (χ0v) is 15.1. The Balaban J connectivity index is 2.11. The van der Waals surface area contributed by atoms with Gasteiger partial charge in [0.25, 0.3) is 0 Å². The molecule has 0 saturated heterocycles. The van der Waals surface area contributed by atoms with Crippen LogP contribution in [0.25, 0.3) is 0 Å². The molecule has 3 rings (SSSR count). The van der Waals surface area contributed by atoms with E-state index in [1.807, 2.05) is 18.5 Å². The molecule has 1 unspecified atom stereocenters. The fraction of sp³-hybridized carbons (Fsp3) is 0.444. The van der Waals surface area contributed by atoms with E-state index in [1.165, 1.54) is 0 Å². The molecular weight excluding hydrogens is 322 g/mol. The number of carbonyl (C=O) groups excluding carboxylic acids is 1. The number of aromatic nitrogens is 2. The summed E-state index contributed by atoms with van der Waals surface area (Å²) in [6, 6.07) is 2.01. The number of rotatable bonds is 1. The van der Waals surface area contributed by atoms with Crippen molar-refractivity contribution in [2.24, 2.45) is 7.05 Å². The Labute approximate surface area is 145 Å². The number of aryl methyl sites for hydroxylation is 1. The minimum Gasteiger partial charge on any atom is -0.384 e. The minimum atomic E-state index is -0.155. The first-order chi connectivity index (χ1) is 11.3. The third-order valence-corrected chi connectivity index (χ3v) is 5.11. The first kappa shape index (κ1) is 16.7. The lowest BCUT2D eigenvalue weighted by molar-refractivity contribution is -0.116. The van der Waals surface area contributed by atoms with Gasteiger partial charge in [-0.05, 0) is 6.07 Å². The van der Waals surface area contributed by atoms with Crippen LogP contribution >= 0.6 is 11.3 Å². The normalized spacial score (nSPS) is 17.0. The Morgan fingerprint density at radius 3 is 2.92 bits per heavy atom. The van der Waals surface area contributed by atoms with Crippen molar-refractivity contribution >= 4 is 23.1 Å². The van der Waals surface area contributed by atoms with Crippen LogP contribution in [0.1, 0.15) is 54.8 Å². The van der Waals surface area contributed by atoms with Crippen LogP contribution in [0, 0.1) is 11.8 Å². The molecule has 0 bridgehead atoms. The van der Waals surface area contributed by atoms with Gasteiger partial charge in [0.1, 0.15) is 12.4 Å². The topological polar surface area (TPSA) is 67.2 Å². The average Bonchev–Trinajstić information content (AvgIpc) is 3.09. The van der Waals surface area contributed by atoms with Crippen LogP contribution in [0.2, 0.25) is 0 Å². The quantitative estimate of drug-likeness (QED) is 0.782. The van der Waals surface area contributed by atoms with Gasteiger partial charge in [0, 0.05) is 46.2 Å². The van der Waals surface area contributed by atoms with E-state index in [0.29, 0.717) is 6.42 Å². The molecule has 1 aliphatic rings. The molecule has 1 aliphatic heterocycles. The maximum atomic E-state index is 12.2. The molecule has 1 atom stereocenters. The lowest BCUT2D eigenvalue weighted by atomic mass is 9.82. The highest BCUT2D eigenvalue weighted by atomic mass is 32.1. The predicted octanol–water partition coefficient (Wildman–Crippen LogP) is 2.60. The monoisotopic (exact) mass is 343 g/mol. The number of anilines is 1. The van der Waals surface area contributed by atoms with E-state index >= 15 is 0 Å². The molecule has 126 valence electrons. The van der Waals surface area contributed by atoms with E-state index in [2.05, 4.69) is 43.0 Å². The molecule has 0 aliphatic carbocycles. The maximum Gasteiger partial charge on any atom is 0.226 e. The number of hydrogen-bond donors (Lipinski definition) is 2. The molecule has 1 amide bonds. The molecule has 6 heteroatoms. The number of hydrogen-bond acceptors (Lipinski definition) is 4. The van der Waals surface area contributed by atoms with Gasteiger partial charge in [-0.15, -0.1) is 11.3 Å². The summed E-state index contributed by atoms with van der Waals surface area (Å²) in [7, 11) is 1.86. The first-order valence-corrected chi connectivity index (χ1v) is 8.74. The SMILES string of the molecule is Cn1nc(C(C)(C)C)c2c1NC(=O)CC2c1cc(C#CCO)cs1. The molecule has 2 aromatic heterocycles. The summed E-state index contributed by atoms with van der Waals surface area (Å²) in [5.74, 6) is 6.38. The zero-order valence-electron chi connectivity index (χ0n) is 14.3. The average molecular weight is 343 g/mol. The molecule has 2 N–H and O–H groups in total. The van der Waals surface area contributed by atoms with Crippen LogP contribution < -0.4 is 5.32 Å². The predicted molar refractivity (Wildman–Crippen MR) is 95.3 cm³/mol. The number of nitrogens with zero attached hydrogens (tertiary/aromatic N) is 2. The molecule has 3 heterocycles. The molecule has 0 aromatic carbocycles. The first-order valence-electron chi connectivity index (χ1n) is 7.86. The van der Waals surface area contributed by atoms with Crippen LogP contribution in [0.4, 0.5) is 5.82 Å². The Kier molecular flexibility index (Phi) is 4.24. The Hall–Kier alpha value is -2.10. The van der Waals surface area contributed by atoms with E-state index in [-0.39, 0.29) is 23.8 Å².